The summed E-state index contributed by atoms with van der Waals surface area (Å²) in [5, 5.41) is 2.98. The molecule has 1 atom stereocenters. The minimum absolute atomic E-state index is 0.0517. The Balaban J connectivity index is 1.53. The molecule has 6 nitrogen and oxygen atoms in total. The third-order valence-electron chi connectivity index (χ3n) is 4.30. The van der Waals surface area contributed by atoms with Crippen LogP contribution in [0.15, 0.2) is 47.1 Å². The van der Waals surface area contributed by atoms with Crippen molar-refractivity contribution in [3.8, 4) is 5.75 Å². The van der Waals surface area contributed by atoms with E-state index < -0.39 is 0 Å². The summed E-state index contributed by atoms with van der Waals surface area (Å²) in [6, 6.07) is 11.5. The third-order valence-corrected chi connectivity index (χ3v) is 4.30. The molecule has 0 spiro atoms. The molecule has 1 aromatic heterocycles. The zero-order valence-electron chi connectivity index (χ0n) is 14.1. The molecule has 1 aromatic carbocycles. The van der Waals surface area contributed by atoms with Gasteiger partial charge in [0.05, 0.1) is 19.4 Å². The maximum absolute atomic E-state index is 12.4. The highest BCUT2D eigenvalue weighted by atomic mass is 16.5. The molecule has 0 unspecified atom stereocenters. The summed E-state index contributed by atoms with van der Waals surface area (Å²) in [6.07, 6.45) is 1.62. The van der Waals surface area contributed by atoms with Crippen LogP contribution in [0.4, 0.5) is 10.5 Å². The highest BCUT2D eigenvalue weighted by molar-refractivity contribution is 5.75. The molecule has 2 aromatic rings. The summed E-state index contributed by atoms with van der Waals surface area (Å²) in [4.78, 5) is 16.5. The van der Waals surface area contributed by atoms with Gasteiger partial charge in [0, 0.05) is 37.9 Å². The number of amides is 2. The van der Waals surface area contributed by atoms with E-state index in [1.807, 2.05) is 42.2 Å². The van der Waals surface area contributed by atoms with Crippen LogP contribution in [0.3, 0.4) is 0 Å². The van der Waals surface area contributed by atoms with Gasteiger partial charge in [0.1, 0.15) is 11.5 Å². The van der Waals surface area contributed by atoms with Crippen molar-refractivity contribution < 1.29 is 13.9 Å². The van der Waals surface area contributed by atoms with E-state index in [4.69, 9.17) is 9.15 Å². The first-order chi connectivity index (χ1) is 11.7. The topological polar surface area (TPSA) is 58.0 Å². The highest BCUT2D eigenvalue weighted by Gasteiger charge is 2.23. The molecule has 1 fully saturated rings. The van der Waals surface area contributed by atoms with Crippen molar-refractivity contribution in [1.29, 1.82) is 0 Å². The molecule has 0 saturated carbocycles. The van der Waals surface area contributed by atoms with Gasteiger partial charge in [-0.1, -0.05) is 6.07 Å². The maximum Gasteiger partial charge on any atom is 0.318 e. The first-order valence-electron chi connectivity index (χ1n) is 8.15. The van der Waals surface area contributed by atoms with E-state index >= 15 is 0 Å². The number of furan rings is 1. The monoisotopic (exact) mass is 329 g/mol. The van der Waals surface area contributed by atoms with Crippen molar-refractivity contribution in [1.82, 2.24) is 10.2 Å². The number of urea groups is 1. The minimum Gasteiger partial charge on any atom is -0.497 e. The number of methoxy groups -OCH3 is 1. The number of anilines is 1. The zero-order valence-corrected chi connectivity index (χ0v) is 14.1. The number of nitrogens with one attached hydrogen (secondary N) is 1. The third kappa shape index (κ3) is 3.64. The van der Waals surface area contributed by atoms with E-state index in [2.05, 4.69) is 16.3 Å². The van der Waals surface area contributed by atoms with Crippen molar-refractivity contribution in [2.75, 3.05) is 38.2 Å². The lowest BCUT2D eigenvalue weighted by Crippen LogP contribution is -2.52. The lowest BCUT2D eigenvalue weighted by molar-refractivity contribution is 0.189. The Bertz CT molecular complexity index is 664. The summed E-state index contributed by atoms with van der Waals surface area (Å²) < 4.78 is 10.6. The molecule has 3 rings (SSSR count). The Morgan fingerprint density at radius 2 is 2.00 bits per heavy atom. The normalized spacial score (nSPS) is 15.9. The van der Waals surface area contributed by atoms with Crippen LogP contribution in [0.25, 0.3) is 0 Å². The Kier molecular flexibility index (Phi) is 4.93. The van der Waals surface area contributed by atoms with Gasteiger partial charge in [0.15, 0.2) is 0 Å². The average molecular weight is 329 g/mol. The Labute approximate surface area is 142 Å². The fourth-order valence-corrected chi connectivity index (χ4v) is 2.86. The van der Waals surface area contributed by atoms with Gasteiger partial charge in [-0.05, 0) is 31.2 Å². The summed E-state index contributed by atoms with van der Waals surface area (Å²) in [5.74, 6) is 1.61. The van der Waals surface area contributed by atoms with Gasteiger partial charge >= 0.3 is 6.03 Å². The molecule has 0 bridgehead atoms. The Morgan fingerprint density at radius 1 is 1.21 bits per heavy atom. The Hall–Kier alpha value is -2.63. The molecule has 0 radical (unpaired) electrons. The molecule has 1 N–H and O–H groups in total. The zero-order chi connectivity index (χ0) is 16.9. The number of hydrogen-bond acceptors (Lipinski definition) is 4. The number of rotatable bonds is 4. The molecule has 1 aliphatic rings. The van der Waals surface area contributed by atoms with E-state index in [0.717, 1.165) is 30.3 Å². The molecule has 2 amide bonds. The lowest BCUT2D eigenvalue weighted by atomic mass is 10.2. The quantitative estimate of drug-likeness (QED) is 0.937. The predicted molar refractivity (Wildman–Crippen MR) is 92.4 cm³/mol. The number of benzene rings is 1. The fraction of sp³-hybridized carbons (Fsp3) is 0.389. The van der Waals surface area contributed by atoms with E-state index in [0.29, 0.717) is 13.1 Å². The van der Waals surface area contributed by atoms with Crippen LogP contribution in [0, 0.1) is 0 Å². The molecule has 24 heavy (non-hydrogen) atoms. The van der Waals surface area contributed by atoms with E-state index in [1.165, 1.54) is 0 Å². The second-order valence-electron chi connectivity index (χ2n) is 5.86. The van der Waals surface area contributed by atoms with Gasteiger partial charge in [0.25, 0.3) is 0 Å². The van der Waals surface area contributed by atoms with Gasteiger partial charge in [0.2, 0.25) is 0 Å². The SMILES string of the molecule is COc1cccc(N2CCN(C(=O)N[C@H](C)c3ccco3)CC2)c1. The van der Waals surface area contributed by atoms with Crippen LogP contribution in [0.5, 0.6) is 5.75 Å². The number of piperazine rings is 1. The van der Waals surface area contributed by atoms with Crippen molar-refractivity contribution in [3.05, 3.63) is 48.4 Å². The average Bonchev–Trinajstić information content (AvgIpc) is 3.16. The molecular formula is C18H23N3O3. The molecule has 0 aliphatic carbocycles. The van der Waals surface area contributed by atoms with Crippen LogP contribution in [-0.4, -0.2) is 44.2 Å². The van der Waals surface area contributed by atoms with Gasteiger partial charge in [-0.25, -0.2) is 4.79 Å². The molecule has 1 aliphatic heterocycles. The minimum atomic E-state index is -0.135. The van der Waals surface area contributed by atoms with Crippen molar-refractivity contribution in [2.24, 2.45) is 0 Å². The van der Waals surface area contributed by atoms with Gasteiger partial charge in [-0.3, -0.25) is 0 Å². The summed E-state index contributed by atoms with van der Waals surface area (Å²) in [7, 11) is 1.67. The Morgan fingerprint density at radius 3 is 2.67 bits per heavy atom. The standard InChI is InChI=1S/C18H23N3O3/c1-14(17-7-4-12-24-17)19-18(22)21-10-8-20(9-11-21)15-5-3-6-16(13-15)23-2/h3-7,12-14H,8-11H2,1-2H3,(H,19,22)/t14-/m1/s1. The predicted octanol–water partition coefficient (Wildman–Crippen LogP) is 2.88. The fourth-order valence-electron chi connectivity index (χ4n) is 2.86. The van der Waals surface area contributed by atoms with Crippen LogP contribution >= 0.6 is 0 Å². The first-order valence-corrected chi connectivity index (χ1v) is 8.15. The molecule has 2 heterocycles. The molecule has 128 valence electrons. The second kappa shape index (κ2) is 7.29. The summed E-state index contributed by atoms with van der Waals surface area (Å²) in [5.41, 5.74) is 1.12. The van der Waals surface area contributed by atoms with Crippen molar-refractivity contribution in [2.45, 2.75) is 13.0 Å². The second-order valence-corrected chi connectivity index (χ2v) is 5.86. The van der Waals surface area contributed by atoms with Gasteiger partial charge in [-0.15, -0.1) is 0 Å². The number of nitrogens with zero attached hydrogens (tertiary/aromatic N) is 2. The van der Waals surface area contributed by atoms with Crippen LogP contribution in [0.2, 0.25) is 0 Å². The van der Waals surface area contributed by atoms with E-state index in [9.17, 15) is 4.79 Å². The van der Waals surface area contributed by atoms with E-state index in [-0.39, 0.29) is 12.1 Å². The first kappa shape index (κ1) is 16.2. The van der Waals surface area contributed by atoms with E-state index in [1.54, 1.807) is 13.4 Å². The number of carbonyl (C=O) groups is 1. The van der Waals surface area contributed by atoms with Gasteiger partial charge in [-0.2, -0.15) is 0 Å². The van der Waals surface area contributed by atoms with Gasteiger partial charge < -0.3 is 24.3 Å². The number of ether oxygens (including phenoxy) is 1. The van der Waals surface area contributed by atoms with Crippen LogP contribution < -0.4 is 15.0 Å². The molecule has 1 saturated heterocycles. The summed E-state index contributed by atoms with van der Waals surface area (Å²) >= 11 is 0. The molecule has 6 heteroatoms. The molecular weight excluding hydrogens is 306 g/mol. The smallest absolute Gasteiger partial charge is 0.318 e. The lowest BCUT2D eigenvalue weighted by Gasteiger charge is -2.36. The summed E-state index contributed by atoms with van der Waals surface area (Å²) in [6.45, 7) is 4.90. The largest absolute Gasteiger partial charge is 0.497 e. The van der Waals surface area contributed by atoms with Crippen molar-refractivity contribution in [3.63, 3.8) is 0 Å². The van der Waals surface area contributed by atoms with Crippen LogP contribution in [-0.2, 0) is 0 Å². The number of carbonyl (C=O) groups excluding carboxylic acids is 1. The highest BCUT2D eigenvalue weighted by Crippen LogP contribution is 2.22. The van der Waals surface area contributed by atoms with Crippen LogP contribution in [0.1, 0.15) is 18.7 Å². The van der Waals surface area contributed by atoms with Crippen molar-refractivity contribution >= 4 is 11.7 Å². The maximum atomic E-state index is 12.4. The number of hydrogen-bond donors (Lipinski definition) is 1.